The largest absolute Gasteiger partial charge is 0.480 e. The Bertz CT molecular complexity index is 550. The molecule has 2 atom stereocenters. The van der Waals surface area contributed by atoms with Gasteiger partial charge in [0.2, 0.25) is 0 Å². The van der Waals surface area contributed by atoms with E-state index in [0.717, 1.165) is 12.8 Å². The highest BCUT2D eigenvalue weighted by Gasteiger charge is 2.38. The van der Waals surface area contributed by atoms with Crippen molar-refractivity contribution >= 4 is 12.1 Å². The first kappa shape index (κ1) is 17.3. The van der Waals surface area contributed by atoms with Crippen LogP contribution in [0.2, 0.25) is 0 Å². The molecule has 1 saturated heterocycles. The van der Waals surface area contributed by atoms with Crippen molar-refractivity contribution in [1.82, 2.24) is 4.90 Å². The van der Waals surface area contributed by atoms with E-state index in [1.807, 2.05) is 18.2 Å². The van der Waals surface area contributed by atoms with Crippen LogP contribution in [0.1, 0.15) is 39.2 Å². The highest BCUT2D eigenvalue weighted by Crippen LogP contribution is 2.27. The molecule has 5 nitrogen and oxygen atoms in total. The second kappa shape index (κ2) is 7.02. The average Bonchev–Trinajstić information content (AvgIpc) is 2.46. The molecule has 1 heterocycles. The molecule has 0 saturated carbocycles. The molecule has 1 aliphatic rings. The van der Waals surface area contributed by atoms with Gasteiger partial charge in [0.1, 0.15) is 11.6 Å². The number of hydrogen-bond acceptors (Lipinski definition) is 3. The molecule has 1 aromatic rings. The lowest BCUT2D eigenvalue weighted by atomic mass is 9.88. The van der Waals surface area contributed by atoms with E-state index < -0.39 is 23.7 Å². The van der Waals surface area contributed by atoms with Crippen molar-refractivity contribution in [2.45, 2.75) is 51.7 Å². The summed E-state index contributed by atoms with van der Waals surface area (Å²) in [5, 5.41) is 9.38. The number of carboxylic acids is 1. The smallest absolute Gasteiger partial charge is 0.411 e. The van der Waals surface area contributed by atoms with Crippen molar-refractivity contribution in [2.24, 2.45) is 5.92 Å². The summed E-state index contributed by atoms with van der Waals surface area (Å²) in [4.78, 5) is 25.2. The van der Waals surface area contributed by atoms with Crippen LogP contribution in [0.4, 0.5) is 4.79 Å². The van der Waals surface area contributed by atoms with Gasteiger partial charge in [-0.2, -0.15) is 0 Å². The Balaban J connectivity index is 2.08. The summed E-state index contributed by atoms with van der Waals surface area (Å²) in [6.45, 7) is 5.77. The Morgan fingerprint density at radius 3 is 2.43 bits per heavy atom. The first-order chi connectivity index (χ1) is 10.8. The van der Waals surface area contributed by atoms with Crippen LogP contribution in [0.5, 0.6) is 0 Å². The molecule has 0 aromatic heterocycles. The summed E-state index contributed by atoms with van der Waals surface area (Å²) in [7, 11) is 0. The molecule has 1 aliphatic heterocycles. The first-order valence-corrected chi connectivity index (χ1v) is 8.02. The minimum Gasteiger partial charge on any atom is -0.480 e. The van der Waals surface area contributed by atoms with Crippen LogP contribution >= 0.6 is 0 Å². The second-order valence-corrected chi connectivity index (χ2v) is 7.12. The molecular formula is C18H25NO4. The van der Waals surface area contributed by atoms with Gasteiger partial charge < -0.3 is 9.84 Å². The molecule has 1 fully saturated rings. The lowest BCUT2D eigenvalue weighted by Crippen LogP contribution is -2.52. The maximum Gasteiger partial charge on any atom is 0.411 e. The molecule has 126 valence electrons. The van der Waals surface area contributed by atoms with Gasteiger partial charge in [0.05, 0.1) is 0 Å². The molecule has 0 bridgehead atoms. The van der Waals surface area contributed by atoms with Crippen LogP contribution < -0.4 is 0 Å². The van der Waals surface area contributed by atoms with Gasteiger partial charge in [0.25, 0.3) is 0 Å². The van der Waals surface area contributed by atoms with E-state index in [-0.39, 0.29) is 5.92 Å². The standard InChI is InChI=1S/C18H25NO4/c1-18(2,3)23-17(22)19-12-14(9-10-15(19)16(20)21)11-13-7-5-4-6-8-13/h4-8,14-15H,9-12H2,1-3H3,(H,20,21). The molecule has 2 unspecified atom stereocenters. The zero-order chi connectivity index (χ0) is 17.0. The Morgan fingerprint density at radius 1 is 1.22 bits per heavy atom. The Morgan fingerprint density at radius 2 is 1.87 bits per heavy atom. The predicted octanol–water partition coefficient (Wildman–Crippen LogP) is 3.33. The summed E-state index contributed by atoms with van der Waals surface area (Å²) in [5.74, 6) is -0.713. The third kappa shape index (κ3) is 4.98. The van der Waals surface area contributed by atoms with Crippen molar-refractivity contribution in [3.63, 3.8) is 0 Å². The molecule has 2 rings (SSSR count). The molecule has 0 spiro atoms. The van der Waals surface area contributed by atoms with E-state index in [1.165, 1.54) is 10.5 Å². The number of piperidine rings is 1. The van der Waals surface area contributed by atoms with Crippen LogP contribution in [0.15, 0.2) is 30.3 Å². The molecule has 1 aromatic carbocycles. The van der Waals surface area contributed by atoms with E-state index in [2.05, 4.69) is 12.1 Å². The van der Waals surface area contributed by atoms with Gasteiger partial charge in [0, 0.05) is 6.54 Å². The normalized spacial score (nSPS) is 21.8. The van der Waals surface area contributed by atoms with Crippen LogP contribution in [-0.4, -0.2) is 40.3 Å². The second-order valence-electron chi connectivity index (χ2n) is 7.12. The number of carbonyl (C=O) groups is 2. The number of likely N-dealkylation sites (tertiary alicyclic amines) is 1. The van der Waals surface area contributed by atoms with E-state index in [4.69, 9.17) is 4.74 Å². The molecule has 1 N–H and O–H groups in total. The highest BCUT2D eigenvalue weighted by molar-refractivity contribution is 5.80. The molecule has 1 amide bonds. The molecule has 23 heavy (non-hydrogen) atoms. The van der Waals surface area contributed by atoms with Crippen LogP contribution in [0, 0.1) is 5.92 Å². The van der Waals surface area contributed by atoms with Crippen LogP contribution in [0.25, 0.3) is 0 Å². The van der Waals surface area contributed by atoms with Gasteiger partial charge in [-0.1, -0.05) is 30.3 Å². The summed E-state index contributed by atoms with van der Waals surface area (Å²) in [6, 6.07) is 9.27. The van der Waals surface area contributed by atoms with Gasteiger partial charge >= 0.3 is 12.1 Å². The Hall–Kier alpha value is -2.04. The van der Waals surface area contributed by atoms with Crippen molar-refractivity contribution in [3.8, 4) is 0 Å². The summed E-state index contributed by atoms with van der Waals surface area (Å²) < 4.78 is 5.38. The number of benzene rings is 1. The minimum absolute atomic E-state index is 0.250. The van der Waals surface area contributed by atoms with Crippen molar-refractivity contribution in [3.05, 3.63) is 35.9 Å². The molecular weight excluding hydrogens is 294 g/mol. The van der Waals surface area contributed by atoms with E-state index in [9.17, 15) is 14.7 Å². The number of hydrogen-bond donors (Lipinski definition) is 1. The van der Waals surface area contributed by atoms with Gasteiger partial charge in [-0.05, 0) is 51.5 Å². The van der Waals surface area contributed by atoms with Gasteiger partial charge in [0.15, 0.2) is 0 Å². The van der Waals surface area contributed by atoms with E-state index in [1.54, 1.807) is 20.8 Å². The Labute approximate surface area is 137 Å². The van der Waals surface area contributed by atoms with Gasteiger partial charge in [-0.15, -0.1) is 0 Å². The van der Waals surface area contributed by atoms with Crippen LogP contribution in [0.3, 0.4) is 0 Å². The van der Waals surface area contributed by atoms with Crippen molar-refractivity contribution < 1.29 is 19.4 Å². The van der Waals surface area contributed by atoms with E-state index in [0.29, 0.717) is 13.0 Å². The number of ether oxygens (including phenoxy) is 1. The highest BCUT2D eigenvalue weighted by atomic mass is 16.6. The number of carboxylic acid groups (broad SMARTS) is 1. The van der Waals surface area contributed by atoms with Crippen molar-refractivity contribution in [2.75, 3.05) is 6.54 Å². The quantitative estimate of drug-likeness (QED) is 0.928. The predicted molar refractivity (Wildman–Crippen MR) is 87.2 cm³/mol. The van der Waals surface area contributed by atoms with Gasteiger partial charge in [-0.25, -0.2) is 9.59 Å². The lowest BCUT2D eigenvalue weighted by molar-refractivity contribution is -0.145. The fraction of sp³-hybridized carbons (Fsp3) is 0.556. The molecule has 0 radical (unpaired) electrons. The minimum atomic E-state index is -0.964. The third-order valence-corrected chi connectivity index (χ3v) is 3.96. The average molecular weight is 319 g/mol. The van der Waals surface area contributed by atoms with Gasteiger partial charge in [-0.3, -0.25) is 4.90 Å². The maximum atomic E-state index is 12.4. The molecule has 0 aliphatic carbocycles. The zero-order valence-electron chi connectivity index (χ0n) is 14.0. The van der Waals surface area contributed by atoms with Crippen LogP contribution in [-0.2, 0) is 16.0 Å². The zero-order valence-corrected chi connectivity index (χ0v) is 14.0. The number of nitrogens with zero attached hydrogens (tertiary/aromatic N) is 1. The topological polar surface area (TPSA) is 66.8 Å². The number of amides is 1. The summed E-state index contributed by atoms with van der Waals surface area (Å²) in [5.41, 5.74) is 0.572. The number of rotatable bonds is 3. The first-order valence-electron chi connectivity index (χ1n) is 8.02. The summed E-state index contributed by atoms with van der Waals surface area (Å²) >= 11 is 0. The van der Waals surface area contributed by atoms with E-state index >= 15 is 0 Å². The SMILES string of the molecule is CC(C)(C)OC(=O)N1CC(Cc2ccccc2)CCC1C(=O)O. The summed E-state index contributed by atoms with van der Waals surface area (Å²) in [6.07, 6.45) is 1.56. The number of carbonyl (C=O) groups excluding carboxylic acids is 1. The monoisotopic (exact) mass is 319 g/mol. The number of aliphatic carboxylic acids is 1. The Kier molecular flexibility index (Phi) is 5.29. The third-order valence-electron chi connectivity index (χ3n) is 3.96. The fourth-order valence-electron chi connectivity index (χ4n) is 2.94. The molecule has 5 heteroatoms. The van der Waals surface area contributed by atoms with Crippen molar-refractivity contribution in [1.29, 1.82) is 0 Å². The fourth-order valence-corrected chi connectivity index (χ4v) is 2.94. The maximum absolute atomic E-state index is 12.4. The lowest BCUT2D eigenvalue weighted by Gasteiger charge is -2.38.